The Morgan fingerprint density at radius 1 is 0.750 bits per heavy atom. The molecule has 0 radical (unpaired) electrons. The van der Waals surface area contributed by atoms with Crippen molar-refractivity contribution in [3.8, 4) is 5.75 Å². The average Bonchev–Trinajstić information content (AvgIpc) is 3.28. The number of hydrogen-bond acceptors (Lipinski definition) is 3. The first-order valence-electron chi connectivity index (χ1n) is 9.14. The number of thiophene rings is 1. The third kappa shape index (κ3) is 4.00. The van der Waals surface area contributed by atoms with Crippen LogP contribution in [0.25, 0.3) is 12.2 Å². The molecule has 2 nitrogen and oxygen atoms in total. The van der Waals surface area contributed by atoms with E-state index < -0.39 is 0 Å². The molecule has 28 heavy (non-hydrogen) atoms. The van der Waals surface area contributed by atoms with Gasteiger partial charge in [0.05, 0.1) is 7.11 Å². The number of ether oxygens (including phenoxy) is 1. The lowest BCUT2D eigenvalue weighted by atomic mass is 10.1. The Kier molecular flexibility index (Phi) is 5.55. The summed E-state index contributed by atoms with van der Waals surface area (Å²) < 4.78 is 5.70. The molecule has 4 aromatic rings. The highest BCUT2D eigenvalue weighted by atomic mass is 32.1. The molecule has 0 N–H and O–H groups in total. The number of hydrogen-bond donors (Lipinski definition) is 0. The Bertz CT molecular complexity index is 1000. The Hall–Kier alpha value is -3.30. The van der Waals surface area contributed by atoms with Gasteiger partial charge in [-0.2, -0.15) is 11.3 Å². The van der Waals surface area contributed by atoms with Crippen molar-refractivity contribution < 1.29 is 4.74 Å². The van der Waals surface area contributed by atoms with Crippen LogP contribution in [-0.4, -0.2) is 7.11 Å². The predicted octanol–water partition coefficient (Wildman–Crippen LogP) is 7.40. The molecule has 0 atom stereocenters. The van der Waals surface area contributed by atoms with Gasteiger partial charge in [-0.1, -0.05) is 48.6 Å². The van der Waals surface area contributed by atoms with Gasteiger partial charge in [-0.15, -0.1) is 0 Å². The maximum atomic E-state index is 5.70. The second kappa shape index (κ2) is 8.59. The Labute approximate surface area is 170 Å². The van der Waals surface area contributed by atoms with Crippen LogP contribution in [-0.2, 0) is 0 Å². The van der Waals surface area contributed by atoms with Crippen LogP contribution < -0.4 is 9.64 Å². The van der Waals surface area contributed by atoms with Crippen molar-refractivity contribution in [2.75, 3.05) is 12.0 Å². The van der Waals surface area contributed by atoms with E-state index in [4.69, 9.17) is 4.74 Å². The van der Waals surface area contributed by atoms with Crippen LogP contribution >= 0.6 is 11.3 Å². The molecule has 3 aromatic carbocycles. The van der Waals surface area contributed by atoms with Crippen molar-refractivity contribution in [3.63, 3.8) is 0 Å². The zero-order chi connectivity index (χ0) is 19.2. The minimum atomic E-state index is 0.848. The van der Waals surface area contributed by atoms with Crippen LogP contribution in [0.1, 0.15) is 11.1 Å². The molecule has 0 aliphatic carbocycles. The number of benzene rings is 3. The van der Waals surface area contributed by atoms with E-state index in [0.717, 1.165) is 28.4 Å². The highest BCUT2D eigenvalue weighted by molar-refractivity contribution is 7.08. The van der Waals surface area contributed by atoms with Crippen LogP contribution in [0.15, 0.2) is 95.7 Å². The number of methoxy groups -OCH3 is 1. The molecule has 0 saturated heterocycles. The average molecular weight is 384 g/mol. The van der Waals surface area contributed by atoms with E-state index in [0.29, 0.717) is 0 Å². The fraction of sp³-hybridized carbons (Fsp3) is 0.0400. The summed E-state index contributed by atoms with van der Waals surface area (Å²) in [5.74, 6) is 0.848. The van der Waals surface area contributed by atoms with Gasteiger partial charge < -0.3 is 9.64 Å². The predicted molar refractivity (Wildman–Crippen MR) is 121 cm³/mol. The molecule has 0 unspecified atom stereocenters. The van der Waals surface area contributed by atoms with Gasteiger partial charge in [-0.3, -0.25) is 0 Å². The van der Waals surface area contributed by atoms with Gasteiger partial charge in [0.15, 0.2) is 0 Å². The summed E-state index contributed by atoms with van der Waals surface area (Å²) in [5.41, 5.74) is 5.53. The van der Waals surface area contributed by atoms with Gasteiger partial charge >= 0.3 is 0 Å². The first-order valence-corrected chi connectivity index (χ1v) is 10.1. The summed E-state index contributed by atoms with van der Waals surface area (Å²) in [6.45, 7) is 0. The number of anilines is 3. The summed E-state index contributed by atoms with van der Waals surface area (Å²) in [6.07, 6.45) is 4.21. The second-order valence-corrected chi connectivity index (χ2v) is 7.10. The molecule has 0 amide bonds. The monoisotopic (exact) mass is 383 g/mol. The van der Waals surface area contributed by atoms with E-state index in [2.05, 4.69) is 101 Å². The number of para-hydroxylation sites is 2. The summed E-state index contributed by atoms with van der Waals surface area (Å²) in [7, 11) is 1.72. The molecule has 3 heteroatoms. The lowest BCUT2D eigenvalue weighted by Gasteiger charge is -2.26. The highest BCUT2D eigenvalue weighted by Gasteiger charge is 2.13. The molecule has 0 bridgehead atoms. The van der Waals surface area contributed by atoms with E-state index in [1.54, 1.807) is 18.4 Å². The topological polar surface area (TPSA) is 12.5 Å². The third-order valence-corrected chi connectivity index (χ3v) is 5.20. The molecule has 0 aliphatic rings. The first-order chi connectivity index (χ1) is 13.8. The highest BCUT2D eigenvalue weighted by Crippen LogP contribution is 2.37. The molecule has 0 spiro atoms. The standard InChI is InChI=1S/C25H21NOS/c1-27-25-18-24(15-14-21(25)13-12-20-16-17-28-19-20)26(22-8-4-2-5-9-22)23-10-6-3-7-11-23/h2-19H,1H3/b13-12+. The van der Waals surface area contributed by atoms with Crippen molar-refractivity contribution in [1.82, 2.24) is 0 Å². The largest absolute Gasteiger partial charge is 0.496 e. The molecule has 0 saturated carbocycles. The Morgan fingerprint density at radius 3 is 2.00 bits per heavy atom. The molecular formula is C25H21NOS. The van der Waals surface area contributed by atoms with E-state index in [9.17, 15) is 0 Å². The fourth-order valence-corrected chi connectivity index (χ4v) is 3.76. The zero-order valence-electron chi connectivity index (χ0n) is 15.7. The molecule has 4 rings (SSSR count). The SMILES string of the molecule is COc1cc(N(c2ccccc2)c2ccccc2)ccc1/C=C/c1ccsc1. The van der Waals surface area contributed by atoms with Crippen molar-refractivity contribution in [1.29, 1.82) is 0 Å². The normalized spacial score (nSPS) is 10.9. The van der Waals surface area contributed by atoms with E-state index in [-0.39, 0.29) is 0 Å². The van der Waals surface area contributed by atoms with E-state index >= 15 is 0 Å². The van der Waals surface area contributed by atoms with Crippen molar-refractivity contribution in [3.05, 3.63) is 107 Å². The van der Waals surface area contributed by atoms with Crippen LogP contribution in [0.3, 0.4) is 0 Å². The number of nitrogens with zero attached hydrogens (tertiary/aromatic N) is 1. The molecule has 0 aliphatic heterocycles. The molecule has 138 valence electrons. The van der Waals surface area contributed by atoms with Gasteiger partial charge in [0, 0.05) is 28.7 Å². The van der Waals surface area contributed by atoms with Crippen LogP contribution in [0.2, 0.25) is 0 Å². The molecule has 0 fully saturated rings. The molecule has 1 aromatic heterocycles. The van der Waals surface area contributed by atoms with Crippen molar-refractivity contribution >= 4 is 40.6 Å². The molecule has 1 heterocycles. The van der Waals surface area contributed by atoms with Crippen molar-refractivity contribution in [2.45, 2.75) is 0 Å². The lowest BCUT2D eigenvalue weighted by molar-refractivity contribution is 0.414. The number of rotatable bonds is 6. The van der Waals surface area contributed by atoms with E-state index in [1.165, 1.54) is 5.56 Å². The minimum Gasteiger partial charge on any atom is -0.496 e. The minimum absolute atomic E-state index is 0.848. The summed E-state index contributed by atoms with van der Waals surface area (Å²) in [6, 6.07) is 29.2. The Balaban J connectivity index is 1.75. The van der Waals surface area contributed by atoms with Gasteiger partial charge in [-0.25, -0.2) is 0 Å². The zero-order valence-corrected chi connectivity index (χ0v) is 16.5. The van der Waals surface area contributed by atoms with E-state index in [1.807, 2.05) is 12.1 Å². The summed E-state index contributed by atoms with van der Waals surface area (Å²) in [5, 5.41) is 4.21. The fourth-order valence-electron chi connectivity index (χ4n) is 3.13. The summed E-state index contributed by atoms with van der Waals surface area (Å²) >= 11 is 1.70. The van der Waals surface area contributed by atoms with Gasteiger partial charge in [0.1, 0.15) is 5.75 Å². The third-order valence-electron chi connectivity index (χ3n) is 4.50. The summed E-state index contributed by atoms with van der Waals surface area (Å²) in [4.78, 5) is 2.23. The van der Waals surface area contributed by atoms with Crippen LogP contribution in [0.4, 0.5) is 17.1 Å². The first kappa shape index (κ1) is 18.1. The van der Waals surface area contributed by atoms with Crippen molar-refractivity contribution in [2.24, 2.45) is 0 Å². The maximum Gasteiger partial charge on any atom is 0.128 e. The van der Waals surface area contributed by atoms with Crippen LogP contribution in [0, 0.1) is 0 Å². The Morgan fingerprint density at radius 2 is 1.43 bits per heavy atom. The van der Waals surface area contributed by atoms with Crippen LogP contribution in [0.5, 0.6) is 5.75 Å². The second-order valence-electron chi connectivity index (χ2n) is 6.32. The molecular weight excluding hydrogens is 362 g/mol. The smallest absolute Gasteiger partial charge is 0.128 e. The quantitative estimate of drug-likeness (QED) is 0.344. The van der Waals surface area contributed by atoms with Gasteiger partial charge in [0.2, 0.25) is 0 Å². The maximum absolute atomic E-state index is 5.70. The van der Waals surface area contributed by atoms with Gasteiger partial charge in [-0.05, 0) is 58.8 Å². The lowest BCUT2D eigenvalue weighted by Crippen LogP contribution is -2.09. The van der Waals surface area contributed by atoms with Gasteiger partial charge in [0.25, 0.3) is 0 Å².